The summed E-state index contributed by atoms with van der Waals surface area (Å²) in [5, 5.41) is 22.8. The van der Waals surface area contributed by atoms with Crippen molar-refractivity contribution < 1.29 is 29.3 Å². The first-order valence-corrected chi connectivity index (χ1v) is 14.1. The molecule has 0 bridgehead atoms. The first-order valence-electron chi connectivity index (χ1n) is 14.1. The maximum atomic E-state index is 12.5. The summed E-state index contributed by atoms with van der Waals surface area (Å²) < 4.78 is 11.7. The molecule has 0 aromatic carbocycles. The summed E-state index contributed by atoms with van der Waals surface area (Å²) in [6.45, 7) is 14.5. The minimum atomic E-state index is -0.499. The molecular formula is C30H46O6. The van der Waals surface area contributed by atoms with Gasteiger partial charge in [0, 0.05) is 25.2 Å². The molecule has 11 unspecified atom stereocenters. The molecule has 0 aromatic heterocycles. The lowest BCUT2D eigenvalue weighted by atomic mass is 9.45. The molecule has 5 aliphatic rings. The second-order valence-corrected chi connectivity index (χ2v) is 14.0. The van der Waals surface area contributed by atoms with Crippen molar-refractivity contribution in [1.29, 1.82) is 0 Å². The Hall–Kier alpha value is -1.24. The standard InChI is InChI=1S/C30H46O6/c1-16(24(34)15-29(6)27(3,4)36-29)20-8-9-21-26-22(10-11-28(20,21)5)30(7)18(13-23(26)33)12-19(32)14-25(30)35-17(2)31/h12,16,20-26,33-34H,8-11,13-15H2,1-7H3. The summed E-state index contributed by atoms with van der Waals surface area (Å²) in [4.78, 5) is 24.5. The second-order valence-electron chi connectivity index (χ2n) is 14.0. The van der Waals surface area contributed by atoms with Gasteiger partial charge in [-0.05, 0) is 94.0 Å². The lowest BCUT2D eigenvalue weighted by Crippen LogP contribution is -2.60. The van der Waals surface area contributed by atoms with Crippen LogP contribution in [0.3, 0.4) is 0 Å². The van der Waals surface area contributed by atoms with Crippen molar-refractivity contribution >= 4 is 11.8 Å². The third kappa shape index (κ3) is 3.76. The van der Waals surface area contributed by atoms with Gasteiger partial charge in [-0.25, -0.2) is 0 Å². The minimum Gasteiger partial charge on any atom is -0.461 e. The Labute approximate surface area is 216 Å². The molecule has 1 aliphatic heterocycles. The van der Waals surface area contributed by atoms with Crippen LogP contribution in [-0.4, -0.2) is 51.5 Å². The maximum absolute atomic E-state index is 12.5. The van der Waals surface area contributed by atoms with E-state index >= 15 is 0 Å². The Morgan fingerprint density at radius 3 is 2.42 bits per heavy atom. The van der Waals surface area contributed by atoms with E-state index in [1.807, 2.05) is 0 Å². The molecule has 6 heteroatoms. The van der Waals surface area contributed by atoms with Crippen LogP contribution in [0.5, 0.6) is 0 Å². The van der Waals surface area contributed by atoms with Gasteiger partial charge < -0.3 is 19.7 Å². The molecule has 4 fully saturated rings. The van der Waals surface area contributed by atoms with Gasteiger partial charge in [-0.3, -0.25) is 9.59 Å². The summed E-state index contributed by atoms with van der Waals surface area (Å²) in [5.74, 6) is 0.804. The quantitative estimate of drug-likeness (QED) is 0.421. The van der Waals surface area contributed by atoms with E-state index in [1.165, 1.54) is 6.92 Å². The minimum absolute atomic E-state index is 0.0136. The number of rotatable bonds is 5. The zero-order chi connectivity index (χ0) is 26.4. The monoisotopic (exact) mass is 502 g/mol. The molecule has 0 spiro atoms. The number of fused-ring (bicyclic) bond motifs is 5. The van der Waals surface area contributed by atoms with Gasteiger partial charge in [0.05, 0.1) is 23.4 Å². The summed E-state index contributed by atoms with van der Waals surface area (Å²) in [6, 6.07) is 0. The predicted molar refractivity (Wildman–Crippen MR) is 136 cm³/mol. The zero-order valence-electron chi connectivity index (χ0n) is 23.2. The number of hydrogen-bond acceptors (Lipinski definition) is 6. The maximum Gasteiger partial charge on any atom is 0.302 e. The Morgan fingerprint density at radius 2 is 1.81 bits per heavy atom. The molecule has 5 rings (SSSR count). The molecular weight excluding hydrogens is 456 g/mol. The average molecular weight is 503 g/mol. The predicted octanol–water partition coefficient (Wildman–Crippen LogP) is 4.60. The van der Waals surface area contributed by atoms with E-state index in [0.717, 1.165) is 31.3 Å². The average Bonchev–Trinajstić information content (AvgIpc) is 3.07. The topological polar surface area (TPSA) is 96.4 Å². The van der Waals surface area contributed by atoms with E-state index < -0.39 is 23.7 Å². The molecule has 11 atom stereocenters. The number of epoxide rings is 1. The third-order valence-corrected chi connectivity index (χ3v) is 12.0. The second kappa shape index (κ2) is 8.38. The molecule has 1 saturated heterocycles. The fourth-order valence-corrected chi connectivity index (χ4v) is 9.51. The van der Waals surface area contributed by atoms with Gasteiger partial charge >= 0.3 is 5.97 Å². The van der Waals surface area contributed by atoms with E-state index in [2.05, 4.69) is 41.5 Å². The molecule has 0 radical (unpaired) electrons. The summed E-state index contributed by atoms with van der Waals surface area (Å²) >= 11 is 0. The van der Waals surface area contributed by atoms with Gasteiger partial charge in [-0.15, -0.1) is 0 Å². The van der Waals surface area contributed by atoms with Crippen LogP contribution in [0.15, 0.2) is 11.6 Å². The fourth-order valence-electron chi connectivity index (χ4n) is 9.51. The van der Waals surface area contributed by atoms with Crippen LogP contribution in [0.4, 0.5) is 0 Å². The lowest BCUT2D eigenvalue weighted by Gasteiger charge is -2.61. The third-order valence-electron chi connectivity index (χ3n) is 12.0. The molecule has 1 heterocycles. The Bertz CT molecular complexity index is 970. The van der Waals surface area contributed by atoms with Crippen molar-refractivity contribution in [3.05, 3.63) is 11.6 Å². The van der Waals surface area contributed by atoms with Crippen LogP contribution in [0.1, 0.15) is 93.4 Å². The Kier molecular flexibility index (Phi) is 6.14. The van der Waals surface area contributed by atoms with Gasteiger partial charge in [0.2, 0.25) is 0 Å². The first kappa shape index (κ1) is 26.4. The highest BCUT2D eigenvalue weighted by molar-refractivity contribution is 5.92. The van der Waals surface area contributed by atoms with Crippen LogP contribution in [0.25, 0.3) is 0 Å². The lowest BCUT2D eigenvalue weighted by molar-refractivity contribution is -0.172. The Morgan fingerprint density at radius 1 is 1.14 bits per heavy atom. The highest BCUT2D eigenvalue weighted by Crippen LogP contribution is 2.68. The largest absolute Gasteiger partial charge is 0.461 e. The van der Waals surface area contributed by atoms with Crippen LogP contribution in [-0.2, 0) is 19.1 Å². The number of ether oxygens (including phenoxy) is 2. The van der Waals surface area contributed by atoms with E-state index in [4.69, 9.17) is 9.47 Å². The number of carbonyl (C=O) groups is 2. The molecule has 4 aliphatic carbocycles. The van der Waals surface area contributed by atoms with Crippen LogP contribution in [0, 0.1) is 40.4 Å². The highest BCUT2D eigenvalue weighted by Gasteiger charge is 2.65. The van der Waals surface area contributed by atoms with Gasteiger partial charge in [0.1, 0.15) is 6.10 Å². The van der Waals surface area contributed by atoms with E-state index in [0.29, 0.717) is 24.7 Å². The number of esters is 1. The van der Waals surface area contributed by atoms with Gasteiger partial charge in [-0.2, -0.15) is 0 Å². The smallest absolute Gasteiger partial charge is 0.302 e. The van der Waals surface area contributed by atoms with Crippen molar-refractivity contribution in [3.8, 4) is 0 Å². The molecule has 0 aromatic rings. The van der Waals surface area contributed by atoms with Gasteiger partial charge in [-0.1, -0.05) is 26.3 Å². The van der Waals surface area contributed by atoms with Crippen LogP contribution >= 0.6 is 0 Å². The van der Waals surface area contributed by atoms with Gasteiger partial charge in [0.15, 0.2) is 5.78 Å². The van der Waals surface area contributed by atoms with Gasteiger partial charge in [0.25, 0.3) is 0 Å². The van der Waals surface area contributed by atoms with Crippen molar-refractivity contribution in [3.63, 3.8) is 0 Å². The Balaban J connectivity index is 1.40. The summed E-state index contributed by atoms with van der Waals surface area (Å²) in [5.41, 5.74) is 0.139. The fraction of sp³-hybridized carbons (Fsp3) is 0.867. The highest BCUT2D eigenvalue weighted by atomic mass is 16.6. The summed E-state index contributed by atoms with van der Waals surface area (Å²) in [7, 11) is 0. The van der Waals surface area contributed by atoms with E-state index in [9.17, 15) is 19.8 Å². The first-order chi connectivity index (χ1) is 16.6. The summed E-state index contributed by atoms with van der Waals surface area (Å²) in [6.07, 6.45) is 5.75. The number of ketones is 1. The zero-order valence-corrected chi connectivity index (χ0v) is 23.2. The van der Waals surface area contributed by atoms with Crippen LogP contribution < -0.4 is 0 Å². The number of aliphatic hydroxyl groups is 2. The number of carbonyl (C=O) groups excluding carboxylic acids is 2. The molecule has 2 N–H and O–H groups in total. The van der Waals surface area contributed by atoms with Crippen LogP contribution in [0.2, 0.25) is 0 Å². The number of aliphatic hydroxyl groups excluding tert-OH is 2. The number of hydrogen-bond donors (Lipinski definition) is 2. The van der Waals surface area contributed by atoms with Crippen molar-refractivity contribution in [2.45, 2.75) is 123 Å². The molecule has 202 valence electrons. The molecule has 3 saturated carbocycles. The van der Waals surface area contributed by atoms with Crippen molar-refractivity contribution in [2.24, 2.45) is 40.4 Å². The van der Waals surface area contributed by atoms with Crippen molar-refractivity contribution in [1.82, 2.24) is 0 Å². The molecule has 0 amide bonds. The van der Waals surface area contributed by atoms with E-state index in [1.54, 1.807) is 6.08 Å². The molecule has 6 nitrogen and oxygen atoms in total. The van der Waals surface area contributed by atoms with Crippen molar-refractivity contribution in [2.75, 3.05) is 0 Å². The normalized spacial score (nSPS) is 48.7. The molecule has 36 heavy (non-hydrogen) atoms. The van der Waals surface area contributed by atoms with E-state index in [-0.39, 0.29) is 52.5 Å². The SMILES string of the molecule is CC(=O)OC1CC(=O)C=C2CC(O)C3C4CCC(C(C)C(O)CC5(C)OC5(C)C)C4(C)CCC3C21C.